The molecule has 1 fully saturated rings. The minimum absolute atomic E-state index is 0.0994. The highest BCUT2D eigenvalue weighted by atomic mass is 32.1. The van der Waals surface area contributed by atoms with Gasteiger partial charge in [-0.25, -0.2) is 0 Å². The fourth-order valence-electron chi connectivity index (χ4n) is 2.65. The molecular weight excluding hydrogens is 314 g/mol. The van der Waals surface area contributed by atoms with E-state index >= 15 is 0 Å². The molecule has 2 unspecified atom stereocenters. The van der Waals surface area contributed by atoms with Gasteiger partial charge in [0.25, 0.3) is 0 Å². The van der Waals surface area contributed by atoms with Crippen LogP contribution in [0.15, 0.2) is 22.8 Å². The van der Waals surface area contributed by atoms with Crippen molar-refractivity contribution in [2.45, 2.75) is 38.9 Å². The molecule has 2 aromatic heterocycles. The minimum atomic E-state index is -0.509. The number of furan rings is 1. The van der Waals surface area contributed by atoms with Crippen molar-refractivity contribution in [2.75, 3.05) is 20.3 Å². The van der Waals surface area contributed by atoms with Gasteiger partial charge in [-0.3, -0.25) is 14.9 Å². The van der Waals surface area contributed by atoms with E-state index in [2.05, 4.69) is 36.3 Å². The van der Waals surface area contributed by atoms with Crippen molar-refractivity contribution in [3.05, 3.63) is 34.4 Å². The molecule has 2 atom stereocenters. The van der Waals surface area contributed by atoms with Crippen LogP contribution in [0.3, 0.4) is 0 Å². The van der Waals surface area contributed by atoms with E-state index in [9.17, 15) is 5.21 Å². The Morgan fingerprint density at radius 3 is 2.87 bits per heavy atom. The van der Waals surface area contributed by atoms with E-state index in [0.717, 1.165) is 10.8 Å². The summed E-state index contributed by atoms with van der Waals surface area (Å²) < 4.78 is 4.82. The zero-order valence-corrected chi connectivity index (χ0v) is 14.8. The summed E-state index contributed by atoms with van der Waals surface area (Å²) in [4.78, 5) is 2.02. The molecule has 126 valence electrons. The first-order valence-corrected chi connectivity index (χ1v) is 8.48. The Balaban J connectivity index is 1.80. The molecule has 2 aromatic rings. The lowest BCUT2D eigenvalue weighted by atomic mass is 9.98. The summed E-state index contributed by atoms with van der Waals surface area (Å²) in [5.74, 6) is 0.818. The molecule has 1 N–H and O–H groups in total. The van der Waals surface area contributed by atoms with Crippen molar-refractivity contribution in [3.63, 3.8) is 0 Å². The summed E-state index contributed by atoms with van der Waals surface area (Å²) in [6.07, 6.45) is 1.35. The van der Waals surface area contributed by atoms with Gasteiger partial charge in [-0.2, -0.15) is 0 Å². The van der Waals surface area contributed by atoms with Crippen LogP contribution in [0.2, 0.25) is 0 Å². The first-order valence-electron chi connectivity index (χ1n) is 7.66. The number of hydrogen-bond acceptors (Lipinski definition) is 7. The van der Waals surface area contributed by atoms with Gasteiger partial charge in [-0.05, 0) is 30.5 Å². The molecule has 0 saturated carbocycles. The zero-order valence-electron chi connectivity index (χ0n) is 13.9. The quantitative estimate of drug-likeness (QED) is 0.681. The predicted molar refractivity (Wildman–Crippen MR) is 90.6 cm³/mol. The second kappa shape index (κ2) is 5.95. The van der Waals surface area contributed by atoms with Gasteiger partial charge in [0.15, 0.2) is 6.17 Å². The molecule has 0 spiro atoms. The topological polar surface area (TPSA) is 77.2 Å². The molecule has 1 aliphatic rings. The van der Waals surface area contributed by atoms with E-state index in [4.69, 9.17) is 4.42 Å². The van der Waals surface area contributed by atoms with Crippen molar-refractivity contribution in [3.8, 4) is 0 Å². The van der Waals surface area contributed by atoms with Crippen LogP contribution < -0.4 is 9.96 Å². The van der Waals surface area contributed by atoms with Gasteiger partial charge in [-0.1, -0.05) is 25.9 Å². The average molecular weight is 337 g/mol. The first kappa shape index (κ1) is 16.5. The maximum Gasteiger partial charge on any atom is 0.309 e. The van der Waals surface area contributed by atoms with Crippen molar-refractivity contribution >= 4 is 16.5 Å². The molecule has 1 saturated heterocycles. The normalized spacial score (nSPS) is 26.0. The van der Waals surface area contributed by atoms with Gasteiger partial charge in [0.05, 0.1) is 19.4 Å². The largest absolute Gasteiger partial charge is 0.623 e. The van der Waals surface area contributed by atoms with Crippen LogP contribution in [0, 0.1) is 5.21 Å². The molecule has 8 heteroatoms. The molecule has 0 aliphatic carbocycles. The zero-order chi connectivity index (χ0) is 16.7. The molecule has 0 amide bonds. The number of rotatable bonds is 4. The fraction of sp³-hybridized carbons (Fsp3) is 0.600. The van der Waals surface area contributed by atoms with Crippen LogP contribution in [0.25, 0.3) is 0 Å². The van der Waals surface area contributed by atoms with Crippen molar-refractivity contribution in [1.29, 1.82) is 0 Å². The summed E-state index contributed by atoms with van der Waals surface area (Å²) in [6, 6.07) is 3.74. The third-order valence-corrected chi connectivity index (χ3v) is 5.37. The van der Waals surface area contributed by atoms with E-state index in [-0.39, 0.29) is 11.6 Å². The van der Waals surface area contributed by atoms with Crippen LogP contribution in [-0.2, 0) is 12.0 Å². The highest BCUT2D eigenvalue weighted by molar-refractivity contribution is 7.15. The lowest BCUT2D eigenvalue weighted by Gasteiger charge is -2.39. The second-order valence-corrected chi connectivity index (χ2v) is 8.05. The van der Waals surface area contributed by atoms with Gasteiger partial charge < -0.3 is 9.62 Å². The molecule has 0 radical (unpaired) electrons. The van der Waals surface area contributed by atoms with E-state index in [1.54, 1.807) is 6.26 Å². The van der Waals surface area contributed by atoms with E-state index < -0.39 is 4.65 Å². The highest BCUT2D eigenvalue weighted by Gasteiger charge is 2.43. The average Bonchev–Trinajstić information content (AvgIpc) is 3.15. The first-order chi connectivity index (χ1) is 10.8. The van der Waals surface area contributed by atoms with Gasteiger partial charge in [0.1, 0.15) is 17.4 Å². The second-order valence-electron chi connectivity index (χ2n) is 7.09. The number of likely N-dealkylation sites (N-methyl/N-ethyl adjacent to an activating group) is 1. The van der Waals surface area contributed by atoms with Crippen molar-refractivity contribution in [2.24, 2.45) is 0 Å². The van der Waals surface area contributed by atoms with Crippen LogP contribution in [0.1, 0.15) is 31.5 Å². The molecule has 7 nitrogen and oxygen atoms in total. The number of aromatic nitrogens is 2. The summed E-state index contributed by atoms with van der Waals surface area (Å²) in [5, 5.41) is 26.6. The Labute approximate surface area is 140 Å². The third-order valence-electron chi connectivity index (χ3n) is 3.91. The molecular formula is C15H23N5O2S. The van der Waals surface area contributed by atoms with Crippen molar-refractivity contribution < 1.29 is 4.42 Å². The van der Waals surface area contributed by atoms with E-state index in [0.29, 0.717) is 24.9 Å². The number of hydrogen-bond donors (Lipinski definition) is 1. The molecule has 3 rings (SSSR count). The highest BCUT2D eigenvalue weighted by Crippen LogP contribution is 2.36. The van der Waals surface area contributed by atoms with Crippen LogP contribution in [-0.4, -0.2) is 41.5 Å². The SMILES string of the molecule is CN1CC(NCc2ccco2)[N+]([O-])(c2nnc(C(C)(C)C)s2)C1. The Hall–Kier alpha value is -1.32. The van der Waals surface area contributed by atoms with Gasteiger partial charge >= 0.3 is 5.13 Å². The van der Waals surface area contributed by atoms with Gasteiger partial charge in [-0.15, -0.1) is 5.10 Å². The molecule has 3 heterocycles. The van der Waals surface area contributed by atoms with Gasteiger partial charge in [0, 0.05) is 5.41 Å². The monoisotopic (exact) mass is 337 g/mol. The lowest BCUT2D eigenvalue weighted by Crippen LogP contribution is -2.55. The lowest BCUT2D eigenvalue weighted by molar-refractivity contribution is 0.281. The number of hydroxylamine groups is 2. The summed E-state index contributed by atoms with van der Waals surface area (Å²) >= 11 is 1.41. The number of nitrogens with one attached hydrogen (secondary N) is 1. The number of quaternary nitrogens is 1. The fourth-order valence-corrected chi connectivity index (χ4v) is 3.63. The standard InChI is InChI=1S/C15H23N5O2S/c1-15(2,3)13-17-18-14(23-13)20(21)10-19(4)9-12(20)16-8-11-6-5-7-22-11/h5-7,12,16H,8-10H2,1-4H3. The maximum atomic E-state index is 13.5. The Kier molecular flexibility index (Phi) is 4.28. The van der Waals surface area contributed by atoms with Crippen LogP contribution in [0.5, 0.6) is 0 Å². The third kappa shape index (κ3) is 3.31. The van der Waals surface area contributed by atoms with E-state index in [1.165, 1.54) is 11.3 Å². The Bertz CT molecular complexity index is 651. The Morgan fingerprint density at radius 1 is 1.48 bits per heavy atom. The minimum Gasteiger partial charge on any atom is -0.623 e. The molecule has 0 bridgehead atoms. The van der Waals surface area contributed by atoms with E-state index in [1.807, 2.05) is 24.1 Å². The smallest absolute Gasteiger partial charge is 0.309 e. The van der Waals surface area contributed by atoms with Crippen LogP contribution >= 0.6 is 11.3 Å². The summed E-state index contributed by atoms with van der Waals surface area (Å²) in [7, 11) is 1.95. The van der Waals surface area contributed by atoms with Crippen LogP contribution in [0.4, 0.5) is 5.13 Å². The Morgan fingerprint density at radius 2 is 2.26 bits per heavy atom. The molecule has 0 aromatic carbocycles. The van der Waals surface area contributed by atoms with Gasteiger partial charge in [0.2, 0.25) is 0 Å². The maximum absolute atomic E-state index is 13.5. The summed E-state index contributed by atoms with van der Waals surface area (Å²) in [5.41, 5.74) is -0.0994. The predicted octanol–water partition coefficient (Wildman–Crippen LogP) is 2.25. The summed E-state index contributed by atoms with van der Waals surface area (Å²) in [6.45, 7) is 7.79. The van der Waals surface area contributed by atoms with Crippen molar-refractivity contribution in [1.82, 2.24) is 25.1 Å². The number of nitrogens with zero attached hydrogens (tertiary/aromatic N) is 4. The molecule has 23 heavy (non-hydrogen) atoms. The molecule has 1 aliphatic heterocycles.